The fourth-order valence-electron chi connectivity index (χ4n) is 2.44. The zero-order valence-corrected chi connectivity index (χ0v) is 12.5. The van der Waals surface area contributed by atoms with Crippen LogP contribution >= 0.6 is 0 Å². The Hall–Kier alpha value is -1.02. The van der Waals surface area contributed by atoms with Crippen LogP contribution in [-0.4, -0.2) is 21.1 Å². The van der Waals surface area contributed by atoms with Crippen molar-refractivity contribution < 1.29 is 0 Å². The fraction of sp³-hybridized carbons (Fsp3) is 0.625. The highest BCUT2D eigenvalue weighted by atomic mass is 15.1. The molecule has 0 saturated carbocycles. The van der Waals surface area contributed by atoms with Gasteiger partial charge in [-0.25, -0.2) is 0 Å². The van der Waals surface area contributed by atoms with E-state index < -0.39 is 0 Å². The number of hydrogen-bond donors (Lipinski definition) is 1. The van der Waals surface area contributed by atoms with E-state index in [2.05, 4.69) is 69.5 Å². The molecule has 2 unspecified atom stereocenters. The van der Waals surface area contributed by atoms with Gasteiger partial charge in [0.15, 0.2) is 0 Å². The Morgan fingerprint density at radius 1 is 1.17 bits per heavy atom. The predicted octanol–water partition coefficient (Wildman–Crippen LogP) is 3.84. The molecule has 1 aromatic carbocycles. The molecule has 1 rings (SSSR count). The zero-order chi connectivity index (χ0) is 13.5. The van der Waals surface area contributed by atoms with Gasteiger partial charge in [0.2, 0.25) is 0 Å². The summed E-state index contributed by atoms with van der Waals surface area (Å²) in [6, 6.07) is 9.36. The third-order valence-electron chi connectivity index (χ3n) is 3.58. The summed E-state index contributed by atoms with van der Waals surface area (Å²) < 4.78 is 0. The van der Waals surface area contributed by atoms with Crippen molar-refractivity contribution in [2.45, 2.75) is 39.2 Å². The minimum atomic E-state index is 0.475. The Kier molecular flexibility index (Phi) is 6.20. The molecule has 2 nitrogen and oxygen atoms in total. The molecule has 0 aliphatic carbocycles. The Balaban J connectivity index is 2.70. The van der Waals surface area contributed by atoms with Gasteiger partial charge in [-0.05, 0) is 37.1 Å². The van der Waals surface area contributed by atoms with E-state index in [-0.39, 0.29) is 0 Å². The van der Waals surface area contributed by atoms with Crippen molar-refractivity contribution >= 4 is 5.69 Å². The first kappa shape index (κ1) is 15.0. The van der Waals surface area contributed by atoms with Crippen LogP contribution in [0.4, 0.5) is 5.69 Å². The second-order valence-electron chi connectivity index (χ2n) is 5.46. The van der Waals surface area contributed by atoms with Crippen LogP contribution < -0.4 is 10.2 Å². The van der Waals surface area contributed by atoms with Crippen molar-refractivity contribution in [3.8, 4) is 0 Å². The van der Waals surface area contributed by atoms with Crippen molar-refractivity contribution in [2.75, 3.05) is 26.0 Å². The Labute approximate surface area is 112 Å². The average molecular weight is 248 g/mol. The second kappa shape index (κ2) is 7.42. The van der Waals surface area contributed by atoms with E-state index in [0.717, 1.165) is 5.92 Å². The van der Waals surface area contributed by atoms with Gasteiger partial charge in [0.25, 0.3) is 0 Å². The van der Waals surface area contributed by atoms with Crippen LogP contribution in [0.25, 0.3) is 0 Å². The molecule has 18 heavy (non-hydrogen) atoms. The number of hydrogen-bond acceptors (Lipinski definition) is 2. The van der Waals surface area contributed by atoms with Gasteiger partial charge in [0, 0.05) is 25.8 Å². The van der Waals surface area contributed by atoms with Crippen LogP contribution in [0.1, 0.15) is 44.7 Å². The van der Waals surface area contributed by atoms with Crippen molar-refractivity contribution in [1.82, 2.24) is 5.32 Å². The summed E-state index contributed by atoms with van der Waals surface area (Å²) in [4.78, 5) is 2.14. The summed E-state index contributed by atoms with van der Waals surface area (Å²) in [7, 11) is 6.21. The molecule has 0 saturated heterocycles. The van der Waals surface area contributed by atoms with Crippen LogP contribution in [0.2, 0.25) is 0 Å². The number of nitrogens with one attached hydrogen (secondary N) is 1. The lowest BCUT2D eigenvalue weighted by atomic mass is 9.93. The SMILES string of the molecule is CCCC(C)CC(NC)c1ccc(N(C)C)cc1. The minimum Gasteiger partial charge on any atom is -0.378 e. The molecule has 0 bridgehead atoms. The summed E-state index contributed by atoms with van der Waals surface area (Å²) in [5.41, 5.74) is 2.65. The first-order chi connectivity index (χ1) is 8.58. The highest BCUT2D eigenvalue weighted by molar-refractivity contribution is 5.46. The van der Waals surface area contributed by atoms with E-state index in [4.69, 9.17) is 0 Å². The molecule has 0 aliphatic rings. The third-order valence-corrected chi connectivity index (χ3v) is 3.58. The maximum absolute atomic E-state index is 3.44. The first-order valence-corrected chi connectivity index (χ1v) is 7.03. The molecule has 0 fully saturated rings. The Bertz CT molecular complexity index is 329. The second-order valence-corrected chi connectivity index (χ2v) is 5.46. The topological polar surface area (TPSA) is 15.3 Å². The molecule has 0 aliphatic heterocycles. The molecule has 0 radical (unpaired) electrons. The minimum absolute atomic E-state index is 0.475. The van der Waals surface area contributed by atoms with Crippen LogP contribution in [0.5, 0.6) is 0 Å². The Morgan fingerprint density at radius 3 is 2.22 bits per heavy atom. The van der Waals surface area contributed by atoms with Crippen molar-refractivity contribution in [1.29, 1.82) is 0 Å². The van der Waals surface area contributed by atoms with Gasteiger partial charge in [-0.15, -0.1) is 0 Å². The summed E-state index contributed by atoms with van der Waals surface area (Å²) in [6.45, 7) is 4.61. The van der Waals surface area contributed by atoms with Gasteiger partial charge in [-0.3, -0.25) is 0 Å². The van der Waals surface area contributed by atoms with E-state index in [1.54, 1.807) is 0 Å². The lowest BCUT2D eigenvalue weighted by Gasteiger charge is -2.22. The summed E-state index contributed by atoms with van der Waals surface area (Å²) in [5, 5.41) is 3.44. The molecule has 0 aromatic heterocycles. The number of benzene rings is 1. The van der Waals surface area contributed by atoms with Gasteiger partial charge in [0.05, 0.1) is 0 Å². The van der Waals surface area contributed by atoms with E-state index in [9.17, 15) is 0 Å². The van der Waals surface area contributed by atoms with E-state index >= 15 is 0 Å². The van der Waals surface area contributed by atoms with Crippen LogP contribution in [-0.2, 0) is 0 Å². The highest BCUT2D eigenvalue weighted by Gasteiger charge is 2.13. The lowest BCUT2D eigenvalue weighted by Crippen LogP contribution is -2.19. The monoisotopic (exact) mass is 248 g/mol. The van der Waals surface area contributed by atoms with Crippen molar-refractivity contribution in [3.63, 3.8) is 0 Å². The molecule has 0 spiro atoms. The number of anilines is 1. The highest BCUT2D eigenvalue weighted by Crippen LogP contribution is 2.25. The Morgan fingerprint density at radius 2 is 1.78 bits per heavy atom. The van der Waals surface area contributed by atoms with Gasteiger partial charge < -0.3 is 10.2 Å². The lowest BCUT2D eigenvalue weighted by molar-refractivity contribution is 0.407. The quantitative estimate of drug-likeness (QED) is 0.788. The molecule has 2 heteroatoms. The van der Waals surface area contributed by atoms with E-state index in [1.165, 1.54) is 30.5 Å². The summed E-state index contributed by atoms with van der Waals surface area (Å²) >= 11 is 0. The van der Waals surface area contributed by atoms with Gasteiger partial charge in [0.1, 0.15) is 0 Å². The normalized spacial score (nSPS) is 14.3. The van der Waals surface area contributed by atoms with Crippen LogP contribution in [0.3, 0.4) is 0 Å². The molecule has 1 N–H and O–H groups in total. The molecular formula is C16H28N2. The largest absolute Gasteiger partial charge is 0.378 e. The average Bonchev–Trinajstić information content (AvgIpc) is 2.36. The molecule has 2 atom stereocenters. The van der Waals surface area contributed by atoms with Crippen molar-refractivity contribution in [3.05, 3.63) is 29.8 Å². The molecule has 0 amide bonds. The zero-order valence-electron chi connectivity index (χ0n) is 12.5. The maximum atomic E-state index is 3.44. The summed E-state index contributed by atoms with van der Waals surface area (Å²) in [6.07, 6.45) is 3.80. The summed E-state index contributed by atoms with van der Waals surface area (Å²) in [5.74, 6) is 0.779. The van der Waals surface area contributed by atoms with Gasteiger partial charge in [-0.1, -0.05) is 38.8 Å². The first-order valence-electron chi connectivity index (χ1n) is 7.03. The molecular weight excluding hydrogens is 220 g/mol. The number of rotatable bonds is 7. The number of nitrogens with zero attached hydrogens (tertiary/aromatic N) is 1. The van der Waals surface area contributed by atoms with Gasteiger partial charge >= 0.3 is 0 Å². The fourth-order valence-corrected chi connectivity index (χ4v) is 2.44. The molecule has 0 heterocycles. The standard InChI is InChI=1S/C16H28N2/c1-6-7-13(2)12-16(17-3)14-8-10-15(11-9-14)18(4)5/h8-11,13,16-17H,6-7,12H2,1-5H3. The third kappa shape index (κ3) is 4.34. The predicted molar refractivity (Wildman–Crippen MR) is 81.3 cm³/mol. The van der Waals surface area contributed by atoms with E-state index in [1.807, 2.05) is 0 Å². The molecule has 1 aromatic rings. The van der Waals surface area contributed by atoms with Crippen LogP contribution in [0.15, 0.2) is 24.3 Å². The van der Waals surface area contributed by atoms with E-state index in [0.29, 0.717) is 6.04 Å². The van der Waals surface area contributed by atoms with Crippen LogP contribution in [0, 0.1) is 5.92 Å². The van der Waals surface area contributed by atoms with Gasteiger partial charge in [-0.2, -0.15) is 0 Å². The maximum Gasteiger partial charge on any atom is 0.0361 e. The van der Waals surface area contributed by atoms with Crippen molar-refractivity contribution in [2.24, 2.45) is 5.92 Å². The smallest absolute Gasteiger partial charge is 0.0361 e. The molecule has 102 valence electrons.